The van der Waals surface area contributed by atoms with Crippen molar-refractivity contribution in [2.24, 2.45) is 0 Å². The summed E-state index contributed by atoms with van der Waals surface area (Å²) in [6.45, 7) is 0. The van der Waals surface area contributed by atoms with E-state index in [9.17, 15) is 24.0 Å². The first kappa shape index (κ1) is 41.7. The Morgan fingerprint density at radius 2 is 0.562 bits per heavy atom. The van der Waals surface area contributed by atoms with Crippen LogP contribution in [0.15, 0.2) is 0 Å². The normalized spacial score (nSPS) is 23.8. The minimum absolute atomic E-state index is 0.168. The Morgan fingerprint density at radius 1 is 0.354 bits per heavy atom. The molecule has 0 atom stereocenters. The molecule has 0 aliphatic carbocycles. The maximum atomic E-state index is 13.3. The van der Waals surface area contributed by atoms with Gasteiger partial charge >= 0.3 is 0 Å². The van der Waals surface area contributed by atoms with Gasteiger partial charge in [-0.1, -0.05) is 159 Å². The summed E-state index contributed by atoms with van der Waals surface area (Å²) in [6.07, 6.45) is 31.1. The molecule has 0 radical (unpaired) electrons. The molecule has 2 saturated heterocycles. The zero-order valence-corrected chi connectivity index (χ0v) is 30.2. The summed E-state index contributed by atoms with van der Waals surface area (Å²) in [5.41, 5.74) is 5.34. The van der Waals surface area contributed by atoms with Crippen molar-refractivity contribution in [1.82, 2.24) is 26.6 Å². The number of rotatable bonds is 2. The van der Waals surface area contributed by atoms with Gasteiger partial charge in [0.05, 0.1) is 0 Å². The Labute approximate surface area is 291 Å². The molecule has 4 amide bonds. The SMILES string of the molecule is O=CC1(N2NC(=O)CCCCCCCCCCCCCCCCC(=O)N2)NC(=O)CCCCCCCCCCCCCCCCC(=O)N1. The fourth-order valence-corrected chi connectivity index (χ4v) is 6.76. The number of hydrazine groups is 2. The fourth-order valence-electron chi connectivity index (χ4n) is 6.76. The molecule has 0 unspecified atom stereocenters. The predicted molar refractivity (Wildman–Crippen MR) is 191 cm³/mol. The Balaban J connectivity index is 2.20. The van der Waals surface area contributed by atoms with Crippen molar-refractivity contribution < 1.29 is 24.0 Å². The molecule has 2 aliphatic heterocycles. The highest BCUT2D eigenvalue weighted by atomic mass is 16.2. The van der Waals surface area contributed by atoms with Crippen molar-refractivity contribution in [3.8, 4) is 0 Å². The van der Waals surface area contributed by atoms with Crippen LogP contribution in [0.1, 0.15) is 205 Å². The number of carbonyl (C=O) groups excluding carboxylic acids is 5. The van der Waals surface area contributed by atoms with Gasteiger partial charge in [0.1, 0.15) is 0 Å². The molecule has 0 bridgehead atoms. The smallest absolute Gasteiger partial charge is 0.264 e. The standard InChI is InChI=1S/C38H69N5O5/c44-33-38(39-34(45)29-25-21-17-13-9-5-1-2-6-10-14-18-22-26-30-35(46)40-38)43-41-36(47)31-27-23-19-15-11-7-3-4-8-12-16-20-24-28-32-37(48)42-43/h33H,1-32H2,(H,39,45)(H,40,46)(H,41,47)(H,42,48). The molecule has 2 heterocycles. The molecule has 2 aliphatic rings. The molecule has 276 valence electrons. The van der Waals surface area contributed by atoms with Crippen LogP contribution in [-0.2, 0) is 24.0 Å². The Bertz CT molecular complexity index is 850. The van der Waals surface area contributed by atoms with Gasteiger partial charge in [0.25, 0.3) is 5.79 Å². The van der Waals surface area contributed by atoms with Gasteiger partial charge in [-0.25, -0.2) is 0 Å². The maximum absolute atomic E-state index is 13.3. The highest BCUT2D eigenvalue weighted by molar-refractivity contribution is 5.87. The monoisotopic (exact) mass is 676 g/mol. The van der Waals surface area contributed by atoms with Crippen molar-refractivity contribution in [1.29, 1.82) is 0 Å². The lowest BCUT2D eigenvalue weighted by Crippen LogP contribution is -2.78. The van der Waals surface area contributed by atoms with E-state index in [2.05, 4.69) is 21.5 Å². The second-order valence-corrected chi connectivity index (χ2v) is 14.3. The van der Waals surface area contributed by atoms with Crippen LogP contribution in [0.2, 0.25) is 0 Å². The number of nitrogens with one attached hydrogen (secondary N) is 4. The van der Waals surface area contributed by atoms with E-state index in [1.165, 1.54) is 77.0 Å². The van der Waals surface area contributed by atoms with E-state index in [0.717, 1.165) is 82.2 Å². The number of carbonyl (C=O) groups is 5. The first-order valence-corrected chi connectivity index (χ1v) is 19.9. The Morgan fingerprint density at radius 3 is 0.792 bits per heavy atom. The second kappa shape index (κ2) is 27.3. The lowest BCUT2D eigenvalue weighted by atomic mass is 10.0. The molecule has 10 nitrogen and oxygen atoms in total. The molecule has 4 N–H and O–H groups in total. The van der Waals surface area contributed by atoms with Gasteiger partial charge in [-0.15, -0.1) is 0 Å². The van der Waals surface area contributed by atoms with E-state index in [-0.39, 0.29) is 25.7 Å². The third-order valence-corrected chi connectivity index (χ3v) is 9.77. The Kier molecular flexibility index (Phi) is 23.7. The van der Waals surface area contributed by atoms with Crippen LogP contribution < -0.4 is 21.5 Å². The van der Waals surface area contributed by atoms with E-state index < -0.39 is 29.4 Å². The number of hydrogen-bond donors (Lipinski definition) is 4. The van der Waals surface area contributed by atoms with Gasteiger partial charge in [0.15, 0.2) is 6.29 Å². The van der Waals surface area contributed by atoms with Gasteiger partial charge in [0.2, 0.25) is 23.6 Å². The van der Waals surface area contributed by atoms with E-state index in [0.29, 0.717) is 32.0 Å². The van der Waals surface area contributed by atoms with Crippen molar-refractivity contribution in [3.05, 3.63) is 0 Å². The molecular formula is C38H69N5O5. The molecule has 48 heavy (non-hydrogen) atoms. The highest BCUT2D eigenvalue weighted by Crippen LogP contribution is 2.17. The van der Waals surface area contributed by atoms with Crippen LogP contribution in [0.5, 0.6) is 0 Å². The molecule has 0 aromatic heterocycles. The van der Waals surface area contributed by atoms with Gasteiger partial charge in [0, 0.05) is 25.7 Å². The lowest BCUT2D eigenvalue weighted by molar-refractivity contribution is -0.159. The summed E-state index contributed by atoms with van der Waals surface area (Å²) >= 11 is 0. The topological polar surface area (TPSA) is 137 Å². The van der Waals surface area contributed by atoms with Crippen molar-refractivity contribution in [2.45, 2.75) is 211 Å². The largest absolute Gasteiger partial charge is 0.312 e. The van der Waals surface area contributed by atoms with Gasteiger partial charge in [-0.3, -0.25) is 34.8 Å². The van der Waals surface area contributed by atoms with Crippen LogP contribution in [0.4, 0.5) is 0 Å². The lowest BCUT2D eigenvalue weighted by Gasteiger charge is -2.40. The number of amides is 4. The summed E-state index contributed by atoms with van der Waals surface area (Å²) in [5, 5.41) is 6.34. The molecule has 2 rings (SSSR count). The van der Waals surface area contributed by atoms with Crippen LogP contribution in [0, 0.1) is 0 Å². The fraction of sp³-hybridized carbons (Fsp3) is 0.868. The maximum Gasteiger partial charge on any atom is 0.264 e. The summed E-state index contributed by atoms with van der Waals surface area (Å²) < 4.78 is 0. The van der Waals surface area contributed by atoms with Crippen molar-refractivity contribution >= 4 is 29.9 Å². The zero-order valence-electron chi connectivity index (χ0n) is 30.2. The summed E-state index contributed by atoms with van der Waals surface area (Å²) in [7, 11) is 0. The van der Waals surface area contributed by atoms with E-state index in [4.69, 9.17) is 0 Å². The van der Waals surface area contributed by atoms with Gasteiger partial charge in [-0.05, 0) is 25.7 Å². The second-order valence-electron chi connectivity index (χ2n) is 14.3. The average Bonchev–Trinajstić information content (AvgIpc) is 3.06. The van der Waals surface area contributed by atoms with E-state index in [1.807, 2.05) is 0 Å². The number of hydrogen-bond acceptors (Lipinski definition) is 6. The van der Waals surface area contributed by atoms with Gasteiger partial charge in [-0.2, -0.15) is 0 Å². The van der Waals surface area contributed by atoms with Crippen molar-refractivity contribution in [2.75, 3.05) is 0 Å². The molecule has 2 fully saturated rings. The third kappa shape index (κ3) is 20.1. The zero-order chi connectivity index (χ0) is 34.5. The van der Waals surface area contributed by atoms with Crippen LogP contribution in [0.25, 0.3) is 0 Å². The first-order valence-electron chi connectivity index (χ1n) is 19.9. The minimum atomic E-state index is -2.16. The van der Waals surface area contributed by atoms with Crippen LogP contribution in [0.3, 0.4) is 0 Å². The molecule has 0 saturated carbocycles. The van der Waals surface area contributed by atoms with E-state index in [1.54, 1.807) is 0 Å². The summed E-state index contributed by atoms with van der Waals surface area (Å²) in [4.78, 5) is 65.9. The summed E-state index contributed by atoms with van der Waals surface area (Å²) in [6, 6.07) is 0. The molecule has 0 aromatic carbocycles. The molecule has 0 aromatic rings. The van der Waals surface area contributed by atoms with Crippen LogP contribution in [-0.4, -0.2) is 40.8 Å². The van der Waals surface area contributed by atoms with Gasteiger partial charge < -0.3 is 10.6 Å². The third-order valence-electron chi connectivity index (χ3n) is 9.77. The molecule has 10 heteroatoms. The van der Waals surface area contributed by atoms with Crippen LogP contribution >= 0.6 is 0 Å². The molecule has 0 spiro atoms. The van der Waals surface area contributed by atoms with E-state index >= 15 is 0 Å². The number of aldehydes is 1. The average molecular weight is 676 g/mol. The van der Waals surface area contributed by atoms with Crippen molar-refractivity contribution in [3.63, 3.8) is 0 Å². The quantitative estimate of drug-likeness (QED) is 0.219. The highest BCUT2D eigenvalue weighted by Gasteiger charge is 2.42. The predicted octanol–water partition coefficient (Wildman–Crippen LogP) is 7.95. The Hall–Kier alpha value is -2.49. The first-order chi connectivity index (χ1) is 23.4. The minimum Gasteiger partial charge on any atom is -0.312 e. The number of nitrogens with zero attached hydrogens (tertiary/aromatic N) is 1. The summed E-state index contributed by atoms with van der Waals surface area (Å²) in [5.74, 6) is -3.81. The molecular weight excluding hydrogens is 606 g/mol.